The second-order valence-corrected chi connectivity index (χ2v) is 13.3. The van der Waals surface area contributed by atoms with E-state index in [0.29, 0.717) is 17.8 Å². The molecule has 32 heavy (non-hydrogen) atoms. The third-order valence-corrected chi connectivity index (χ3v) is 11.3. The van der Waals surface area contributed by atoms with Gasteiger partial charge in [-0.1, -0.05) is 53.9 Å². The number of esters is 1. The largest absolute Gasteiger partial charge is 0.459 e. The molecular formula is C29H50O3. The number of aliphatic hydroxyl groups excluding tert-OH is 1. The lowest BCUT2D eigenvalue weighted by atomic mass is 9.43. The zero-order valence-corrected chi connectivity index (χ0v) is 21.8. The van der Waals surface area contributed by atoms with Crippen molar-refractivity contribution in [3.63, 3.8) is 0 Å². The Bertz CT molecular complexity index is 688. The van der Waals surface area contributed by atoms with Crippen molar-refractivity contribution in [3.05, 3.63) is 0 Å². The molecule has 9 atom stereocenters. The van der Waals surface area contributed by atoms with Gasteiger partial charge in [-0.15, -0.1) is 0 Å². The molecule has 0 saturated heterocycles. The van der Waals surface area contributed by atoms with E-state index in [2.05, 4.69) is 34.6 Å². The molecule has 0 amide bonds. The van der Waals surface area contributed by atoms with Crippen molar-refractivity contribution in [2.24, 2.45) is 46.3 Å². The van der Waals surface area contributed by atoms with Gasteiger partial charge in [-0.3, -0.25) is 4.79 Å². The highest BCUT2D eigenvalue weighted by Crippen LogP contribution is 2.69. The number of carbonyl (C=O) groups is 1. The van der Waals surface area contributed by atoms with E-state index in [1.54, 1.807) is 6.92 Å². The van der Waals surface area contributed by atoms with Gasteiger partial charge in [0.25, 0.3) is 0 Å². The summed E-state index contributed by atoms with van der Waals surface area (Å²) in [4.78, 5) is 12.1. The second-order valence-electron chi connectivity index (χ2n) is 13.3. The Morgan fingerprint density at radius 3 is 2.41 bits per heavy atom. The fourth-order valence-electron chi connectivity index (χ4n) is 9.71. The van der Waals surface area contributed by atoms with Crippen LogP contribution in [0.5, 0.6) is 0 Å². The van der Waals surface area contributed by atoms with Crippen molar-refractivity contribution >= 4 is 5.97 Å². The monoisotopic (exact) mass is 446 g/mol. The van der Waals surface area contributed by atoms with Crippen molar-refractivity contribution in [1.82, 2.24) is 0 Å². The lowest BCUT2D eigenvalue weighted by Gasteiger charge is -2.64. The van der Waals surface area contributed by atoms with Crippen LogP contribution in [-0.2, 0) is 9.53 Å². The van der Waals surface area contributed by atoms with E-state index in [9.17, 15) is 9.90 Å². The number of fused-ring (bicyclic) bond motifs is 5. The molecule has 0 unspecified atom stereocenters. The Morgan fingerprint density at radius 2 is 1.72 bits per heavy atom. The van der Waals surface area contributed by atoms with Crippen LogP contribution in [0.1, 0.15) is 119 Å². The molecule has 4 aliphatic rings. The SMILES string of the molecule is CC(=O)O[C@@]12CC[C@@H]3[C@@H]4CC[C@H]([C@H](C)CCCC(C)C)[C@]4(C)CC[C@@H]3[C@]1(C)CC[C@@H](O)C2. The van der Waals surface area contributed by atoms with Crippen LogP contribution in [0.2, 0.25) is 0 Å². The van der Waals surface area contributed by atoms with Crippen molar-refractivity contribution in [2.45, 2.75) is 130 Å². The second kappa shape index (κ2) is 8.90. The van der Waals surface area contributed by atoms with Gasteiger partial charge in [-0.05, 0) is 92.3 Å². The lowest BCUT2D eigenvalue weighted by Crippen LogP contribution is -2.64. The molecule has 0 heterocycles. The maximum atomic E-state index is 12.1. The maximum Gasteiger partial charge on any atom is 0.303 e. The van der Waals surface area contributed by atoms with Gasteiger partial charge >= 0.3 is 5.97 Å². The predicted molar refractivity (Wildman–Crippen MR) is 130 cm³/mol. The van der Waals surface area contributed by atoms with Crippen LogP contribution >= 0.6 is 0 Å². The minimum Gasteiger partial charge on any atom is -0.459 e. The molecule has 0 aromatic rings. The number of ether oxygens (including phenoxy) is 1. The Balaban J connectivity index is 1.53. The fraction of sp³-hybridized carbons (Fsp3) is 0.966. The Kier molecular flexibility index (Phi) is 6.83. The fourth-order valence-corrected chi connectivity index (χ4v) is 9.71. The molecule has 4 rings (SSSR count). The van der Waals surface area contributed by atoms with Gasteiger partial charge in [0.2, 0.25) is 0 Å². The van der Waals surface area contributed by atoms with Gasteiger partial charge in [0.1, 0.15) is 5.60 Å². The summed E-state index contributed by atoms with van der Waals surface area (Å²) in [6.45, 7) is 13.9. The highest BCUT2D eigenvalue weighted by Gasteiger charge is 2.66. The molecule has 0 aromatic carbocycles. The highest BCUT2D eigenvalue weighted by molar-refractivity contribution is 5.66. The first-order valence-corrected chi connectivity index (χ1v) is 13.9. The molecule has 3 heteroatoms. The van der Waals surface area contributed by atoms with E-state index in [1.807, 2.05) is 0 Å². The summed E-state index contributed by atoms with van der Waals surface area (Å²) in [5.74, 6) is 4.60. The molecule has 0 aliphatic heterocycles. The number of rotatable bonds is 6. The van der Waals surface area contributed by atoms with E-state index in [1.165, 1.54) is 51.4 Å². The molecule has 0 aromatic heterocycles. The number of aliphatic hydroxyl groups is 1. The van der Waals surface area contributed by atoms with Crippen molar-refractivity contribution in [1.29, 1.82) is 0 Å². The van der Waals surface area contributed by atoms with Crippen LogP contribution in [0, 0.1) is 46.3 Å². The average Bonchev–Trinajstić information content (AvgIpc) is 3.05. The Labute approximate surface area is 197 Å². The standard InChI is InChI=1S/C29H50O3/c1-19(2)8-7-9-20(3)24-10-11-25-23-13-17-29(32-21(4)30)18-22(31)12-16-28(29,6)26(23)14-15-27(24,25)5/h19-20,22-26,31H,7-18H2,1-6H3/t20-,22-,23-,24-,25+,26+,27+,28+,29-/m1/s1. The van der Waals surface area contributed by atoms with Crippen molar-refractivity contribution in [2.75, 3.05) is 0 Å². The van der Waals surface area contributed by atoms with Crippen LogP contribution in [0.15, 0.2) is 0 Å². The van der Waals surface area contributed by atoms with E-state index in [0.717, 1.165) is 48.9 Å². The molecule has 4 fully saturated rings. The first-order chi connectivity index (χ1) is 15.0. The quantitative estimate of drug-likeness (QED) is 0.440. The molecule has 0 bridgehead atoms. The summed E-state index contributed by atoms with van der Waals surface area (Å²) in [5, 5.41) is 10.5. The summed E-state index contributed by atoms with van der Waals surface area (Å²) in [7, 11) is 0. The first-order valence-electron chi connectivity index (χ1n) is 13.9. The number of hydrogen-bond donors (Lipinski definition) is 1. The zero-order chi connectivity index (χ0) is 23.3. The van der Waals surface area contributed by atoms with E-state index in [4.69, 9.17) is 4.74 Å². The Hall–Kier alpha value is -0.570. The van der Waals surface area contributed by atoms with Gasteiger partial charge in [-0.25, -0.2) is 0 Å². The number of hydrogen-bond acceptors (Lipinski definition) is 3. The third-order valence-electron chi connectivity index (χ3n) is 11.3. The van der Waals surface area contributed by atoms with Gasteiger partial charge in [0, 0.05) is 18.8 Å². The molecule has 3 nitrogen and oxygen atoms in total. The number of carbonyl (C=O) groups excluding carboxylic acids is 1. The van der Waals surface area contributed by atoms with E-state index >= 15 is 0 Å². The van der Waals surface area contributed by atoms with Gasteiger partial charge in [-0.2, -0.15) is 0 Å². The van der Waals surface area contributed by atoms with E-state index < -0.39 is 5.60 Å². The summed E-state index contributed by atoms with van der Waals surface area (Å²) in [6.07, 6.45) is 13.9. The lowest BCUT2D eigenvalue weighted by molar-refractivity contribution is -0.237. The average molecular weight is 447 g/mol. The molecule has 184 valence electrons. The highest BCUT2D eigenvalue weighted by atomic mass is 16.6. The minimum atomic E-state index is -0.451. The van der Waals surface area contributed by atoms with Crippen LogP contribution in [0.25, 0.3) is 0 Å². The Morgan fingerprint density at radius 1 is 0.969 bits per heavy atom. The molecule has 4 aliphatic carbocycles. The predicted octanol–water partition coefficient (Wildman–Crippen LogP) is 7.15. The smallest absolute Gasteiger partial charge is 0.303 e. The maximum absolute atomic E-state index is 12.1. The first kappa shape index (κ1) is 24.6. The van der Waals surface area contributed by atoms with Crippen LogP contribution in [0.4, 0.5) is 0 Å². The van der Waals surface area contributed by atoms with Crippen LogP contribution in [-0.4, -0.2) is 22.8 Å². The summed E-state index contributed by atoms with van der Waals surface area (Å²) < 4.78 is 6.17. The summed E-state index contributed by atoms with van der Waals surface area (Å²) in [5.41, 5.74) is 0.0566. The van der Waals surface area contributed by atoms with Gasteiger partial charge < -0.3 is 9.84 Å². The zero-order valence-electron chi connectivity index (χ0n) is 21.8. The topological polar surface area (TPSA) is 46.5 Å². The van der Waals surface area contributed by atoms with Crippen molar-refractivity contribution < 1.29 is 14.6 Å². The molecule has 0 radical (unpaired) electrons. The molecule has 1 N–H and O–H groups in total. The molecule has 4 saturated carbocycles. The van der Waals surface area contributed by atoms with Crippen LogP contribution in [0.3, 0.4) is 0 Å². The molecule has 0 spiro atoms. The van der Waals surface area contributed by atoms with Crippen LogP contribution < -0.4 is 0 Å². The third kappa shape index (κ3) is 3.97. The van der Waals surface area contributed by atoms with Gasteiger partial charge in [0.15, 0.2) is 0 Å². The summed E-state index contributed by atoms with van der Waals surface area (Å²) in [6, 6.07) is 0. The van der Waals surface area contributed by atoms with Crippen molar-refractivity contribution in [3.8, 4) is 0 Å². The summed E-state index contributed by atoms with van der Waals surface area (Å²) >= 11 is 0. The van der Waals surface area contributed by atoms with E-state index in [-0.39, 0.29) is 17.5 Å². The normalized spacial score (nSPS) is 46.8. The minimum absolute atomic E-state index is 0.0170. The molecular weight excluding hydrogens is 396 g/mol. The van der Waals surface area contributed by atoms with Gasteiger partial charge in [0.05, 0.1) is 6.10 Å².